The normalized spacial score (nSPS) is 10.3. The number of amides is 1. The molecule has 0 saturated heterocycles. The molecule has 0 spiro atoms. The van der Waals surface area contributed by atoms with Crippen LogP contribution in [0.4, 0.5) is 11.5 Å². The second-order valence-electron chi connectivity index (χ2n) is 6.34. The van der Waals surface area contributed by atoms with Crippen molar-refractivity contribution in [3.05, 3.63) is 89.6 Å². The molecule has 0 fully saturated rings. The van der Waals surface area contributed by atoms with Gasteiger partial charge < -0.3 is 10.2 Å². The first-order chi connectivity index (χ1) is 13.0. The van der Waals surface area contributed by atoms with E-state index in [2.05, 4.69) is 10.3 Å². The van der Waals surface area contributed by atoms with Gasteiger partial charge in [-0.25, -0.2) is 4.98 Å². The number of aromatic nitrogens is 1. The standard InChI is InChI=1S/C22H21N3O2/c1-16(26)18-9-6-10-20(13-18)24-21-12-11-19(14-23-21)22(27)25(2)15-17-7-4-3-5-8-17/h3-14H,15H2,1-2H3,(H,23,24). The fraction of sp³-hybridized carbons (Fsp3) is 0.136. The van der Waals surface area contributed by atoms with Crippen LogP contribution in [0.2, 0.25) is 0 Å². The Morgan fingerprint density at radius 3 is 2.41 bits per heavy atom. The monoisotopic (exact) mass is 359 g/mol. The van der Waals surface area contributed by atoms with E-state index < -0.39 is 0 Å². The first-order valence-electron chi connectivity index (χ1n) is 8.66. The number of anilines is 2. The lowest BCUT2D eigenvalue weighted by Crippen LogP contribution is -2.26. The Labute approximate surface area is 158 Å². The molecular formula is C22H21N3O2. The summed E-state index contributed by atoms with van der Waals surface area (Å²) < 4.78 is 0. The molecule has 1 amide bonds. The van der Waals surface area contributed by atoms with E-state index >= 15 is 0 Å². The molecule has 0 saturated carbocycles. The van der Waals surface area contributed by atoms with E-state index in [-0.39, 0.29) is 11.7 Å². The van der Waals surface area contributed by atoms with E-state index in [9.17, 15) is 9.59 Å². The van der Waals surface area contributed by atoms with Crippen molar-refractivity contribution in [3.8, 4) is 0 Å². The molecule has 0 aliphatic heterocycles. The minimum Gasteiger partial charge on any atom is -0.340 e. The average molecular weight is 359 g/mol. The highest BCUT2D eigenvalue weighted by molar-refractivity contribution is 5.95. The summed E-state index contributed by atoms with van der Waals surface area (Å²) in [6.07, 6.45) is 1.56. The van der Waals surface area contributed by atoms with Gasteiger partial charge in [0.15, 0.2) is 5.78 Å². The minimum atomic E-state index is -0.0866. The van der Waals surface area contributed by atoms with E-state index in [0.29, 0.717) is 23.5 Å². The second-order valence-corrected chi connectivity index (χ2v) is 6.34. The van der Waals surface area contributed by atoms with Gasteiger partial charge in [-0.15, -0.1) is 0 Å². The predicted octanol–water partition coefficient (Wildman–Crippen LogP) is 4.30. The van der Waals surface area contributed by atoms with Crippen molar-refractivity contribution in [1.29, 1.82) is 0 Å². The summed E-state index contributed by atoms with van der Waals surface area (Å²) in [4.78, 5) is 30.0. The van der Waals surface area contributed by atoms with Crippen LogP contribution in [0.5, 0.6) is 0 Å². The van der Waals surface area contributed by atoms with Crippen molar-refractivity contribution in [2.45, 2.75) is 13.5 Å². The van der Waals surface area contributed by atoms with Crippen LogP contribution in [0.25, 0.3) is 0 Å². The quantitative estimate of drug-likeness (QED) is 0.667. The van der Waals surface area contributed by atoms with E-state index in [0.717, 1.165) is 11.3 Å². The lowest BCUT2D eigenvalue weighted by Gasteiger charge is -2.17. The van der Waals surface area contributed by atoms with Gasteiger partial charge in [-0.05, 0) is 36.8 Å². The first kappa shape index (κ1) is 18.3. The van der Waals surface area contributed by atoms with Crippen molar-refractivity contribution in [1.82, 2.24) is 9.88 Å². The van der Waals surface area contributed by atoms with Gasteiger partial charge in [-0.3, -0.25) is 9.59 Å². The third kappa shape index (κ3) is 4.79. The zero-order chi connectivity index (χ0) is 19.2. The minimum absolute atomic E-state index is 0.00834. The summed E-state index contributed by atoms with van der Waals surface area (Å²) in [6, 6.07) is 20.6. The molecule has 2 aromatic carbocycles. The highest BCUT2D eigenvalue weighted by Gasteiger charge is 2.12. The molecule has 5 heteroatoms. The van der Waals surface area contributed by atoms with Gasteiger partial charge in [0, 0.05) is 31.0 Å². The largest absolute Gasteiger partial charge is 0.340 e. The van der Waals surface area contributed by atoms with Crippen LogP contribution in [0.15, 0.2) is 72.9 Å². The van der Waals surface area contributed by atoms with Crippen molar-refractivity contribution >= 4 is 23.2 Å². The molecule has 0 aliphatic carbocycles. The summed E-state index contributed by atoms with van der Waals surface area (Å²) in [5.41, 5.74) is 3.01. The van der Waals surface area contributed by atoms with Crippen LogP contribution < -0.4 is 5.32 Å². The van der Waals surface area contributed by atoms with Gasteiger partial charge in [0.2, 0.25) is 0 Å². The molecule has 5 nitrogen and oxygen atoms in total. The predicted molar refractivity (Wildman–Crippen MR) is 106 cm³/mol. The maximum absolute atomic E-state index is 12.6. The number of benzene rings is 2. The number of rotatable bonds is 6. The highest BCUT2D eigenvalue weighted by Crippen LogP contribution is 2.17. The van der Waals surface area contributed by atoms with Crippen LogP contribution in [0, 0.1) is 0 Å². The topological polar surface area (TPSA) is 62.3 Å². The van der Waals surface area contributed by atoms with Crippen molar-refractivity contribution in [2.75, 3.05) is 12.4 Å². The Balaban J connectivity index is 1.67. The molecular weight excluding hydrogens is 338 g/mol. The Morgan fingerprint density at radius 1 is 0.963 bits per heavy atom. The van der Waals surface area contributed by atoms with Crippen molar-refractivity contribution < 1.29 is 9.59 Å². The van der Waals surface area contributed by atoms with Gasteiger partial charge in [-0.2, -0.15) is 0 Å². The zero-order valence-electron chi connectivity index (χ0n) is 15.3. The smallest absolute Gasteiger partial charge is 0.255 e. The molecule has 0 bridgehead atoms. The third-order valence-corrected chi connectivity index (χ3v) is 4.16. The fourth-order valence-electron chi connectivity index (χ4n) is 2.71. The molecule has 3 aromatic rings. The van der Waals surface area contributed by atoms with Crippen molar-refractivity contribution in [3.63, 3.8) is 0 Å². The summed E-state index contributed by atoms with van der Waals surface area (Å²) in [7, 11) is 1.77. The lowest BCUT2D eigenvalue weighted by atomic mass is 10.1. The highest BCUT2D eigenvalue weighted by atomic mass is 16.2. The number of ketones is 1. The molecule has 0 unspecified atom stereocenters. The van der Waals surface area contributed by atoms with Crippen LogP contribution in [0.3, 0.4) is 0 Å². The van der Waals surface area contributed by atoms with Crippen LogP contribution in [0.1, 0.15) is 33.2 Å². The second kappa shape index (κ2) is 8.27. The summed E-state index contributed by atoms with van der Waals surface area (Å²) in [6.45, 7) is 2.07. The molecule has 27 heavy (non-hydrogen) atoms. The Morgan fingerprint density at radius 2 is 1.74 bits per heavy atom. The molecule has 1 aromatic heterocycles. The summed E-state index contributed by atoms with van der Waals surface area (Å²) in [5.74, 6) is 0.531. The van der Waals surface area contributed by atoms with Gasteiger partial charge in [0.05, 0.1) is 5.56 Å². The van der Waals surface area contributed by atoms with Gasteiger partial charge in [-0.1, -0.05) is 42.5 Å². The number of carbonyl (C=O) groups excluding carboxylic acids is 2. The number of nitrogens with one attached hydrogen (secondary N) is 1. The maximum Gasteiger partial charge on any atom is 0.255 e. The summed E-state index contributed by atoms with van der Waals surface area (Å²) >= 11 is 0. The number of pyridine rings is 1. The average Bonchev–Trinajstić information content (AvgIpc) is 2.69. The van der Waals surface area contributed by atoms with Crippen molar-refractivity contribution in [2.24, 2.45) is 0 Å². The number of Topliss-reactive ketones (excluding diaryl/α,β-unsaturated/α-hetero) is 1. The van der Waals surface area contributed by atoms with Gasteiger partial charge in [0.1, 0.15) is 5.82 Å². The number of carbonyl (C=O) groups is 2. The first-order valence-corrected chi connectivity index (χ1v) is 8.66. The Hall–Kier alpha value is -3.47. The Bertz CT molecular complexity index is 937. The van der Waals surface area contributed by atoms with E-state index in [1.807, 2.05) is 42.5 Å². The molecule has 136 valence electrons. The molecule has 0 aliphatic rings. The van der Waals surface area contributed by atoms with E-state index in [1.165, 1.54) is 6.92 Å². The fourth-order valence-corrected chi connectivity index (χ4v) is 2.71. The molecule has 1 N–H and O–H groups in total. The molecule has 0 atom stereocenters. The van der Waals surface area contributed by atoms with Crippen LogP contribution in [-0.4, -0.2) is 28.6 Å². The molecule has 0 radical (unpaired) electrons. The summed E-state index contributed by atoms with van der Waals surface area (Å²) in [5, 5.41) is 3.15. The SMILES string of the molecule is CC(=O)c1cccc(Nc2ccc(C(=O)N(C)Cc3ccccc3)cn2)c1. The van der Waals surface area contributed by atoms with Gasteiger partial charge >= 0.3 is 0 Å². The molecule has 3 rings (SSSR count). The Kier molecular flexibility index (Phi) is 5.61. The van der Waals surface area contributed by atoms with Gasteiger partial charge in [0.25, 0.3) is 5.91 Å². The zero-order valence-corrected chi connectivity index (χ0v) is 15.3. The maximum atomic E-state index is 12.6. The number of hydrogen-bond donors (Lipinski definition) is 1. The van der Waals surface area contributed by atoms with E-state index in [1.54, 1.807) is 42.4 Å². The number of nitrogens with zero attached hydrogens (tertiary/aromatic N) is 2. The van der Waals surface area contributed by atoms with E-state index in [4.69, 9.17) is 0 Å². The number of hydrogen-bond acceptors (Lipinski definition) is 4. The van der Waals surface area contributed by atoms with Crippen LogP contribution >= 0.6 is 0 Å². The molecule has 1 heterocycles. The third-order valence-electron chi connectivity index (χ3n) is 4.16. The lowest BCUT2D eigenvalue weighted by molar-refractivity contribution is 0.0784. The van der Waals surface area contributed by atoms with Crippen LogP contribution in [-0.2, 0) is 6.54 Å².